The van der Waals surface area contributed by atoms with Crippen molar-refractivity contribution < 1.29 is 13.6 Å². The van der Waals surface area contributed by atoms with Crippen LogP contribution < -0.4 is 5.32 Å². The predicted molar refractivity (Wildman–Crippen MR) is 70.5 cm³/mol. The third kappa shape index (κ3) is 3.54. The van der Waals surface area contributed by atoms with Gasteiger partial charge in [-0.15, -0.1) is 0 Å². The number of halogens is 3. The Hall–Kier alpha value is -1.95. The smallest absolute Gasteiger partial charge is 0.252 e. The third-order valence-corrected chi connectivity index (χ3v) is 2.98. The zero-order valence-electron chi connectivity index (χ0n) is 10.4. The first kappa shape index (κ1) is 14.5. The van der Waals surface area contributed by atoms with Crippen LogP contribution >= 0.6 is 11.6 Å². The predicted octanol–water partition coefficient (Wildman–Crippen LogP) is 2.63. The molecule has 0 spiro atoms. The molecule has 1 amide bonds. The summed E-state index contributed by atoms with van der Waals surface area (Å²) >= 11 is 5.71. The fourth-order valence-corrected chi connectivity index (χ4v) is 1.90. The second-order valence-electron chi connectivity index (χ2n) is 4.12. The summed E-state index contributed by atoms with van der Waals surface area (Å²) in [4.78, 5) is 11.8. The lowest BCUT2D eigenvalue weighted by Gasteiger charge is -2.07. The van der Waals surface area contributed by atoms with Gasteiger partial charge in [-0.3, -0.25) is 9.48 Å². The minimum atomic E-state index is -1.10. The van der Waals surface area contributed by atoms with E-state index >= 15 is 0 Å². The normalized spacial score (nSPS) is 10.6. The number of aromatic nitrogens is 2. The Balaban J connectivity index is 1.87. The summed E-state index contributed by atoms with van der Waals surface area (Å²) in [5.74, 6) is -2.71. The summed E-state index contributed by atoms with van der Waals surface area (Å²) in [6.07, 6.45) is 4.14. The molecule has 0 aliphatic carbocycles. The fourth-order valence-electron chi connectivity index (χ4n) is 1.67. The van der Waals surface area contributed by atoms with E-state index in [1.807, 2.05) is 6.20 Å². The monoisotopic (exact) mass is 299 g/mol. The Morgan fingerprint density at radius 1 is 1.35 bits per heavy atom. The van der Waals surface area contributed by atoms with Crippen molar-refractivity contribution in [3.8, 4) is 0 Å². The molecular weight excluding hydrogens is 288 g/mol. The van der Waals surface area contributed by atoms with Crippen molar-refractivity contribution in [2.45, 2.75) is 13.0 Å². The van der Waals surface area contributed by atoms with Crippen molar-refractivity contribution in [3.63, 3.8) is 0 Å². The van der Waals surface area contributed by atoms with Crippen LogP contribution in [0.3, 0.4) is 0 Å². The van der Waals surface area contributed by atoms with Crippen molar-refractivity contribution >= 4 is 17.5 Å². The number of carbonyl (C=O) groups is 1. The first-order valence-corrected chi connectivity index (χ1v) is 6.36. The van der Waals surface area contributed by atoms with Gasteiger partial charge >= 0.3 is 0 Å². The van der Waals surface area contributed by atoms with Crippen LogP contribution in [0.15, 0.2) is 30.6 Å². The summed E-state index contributed by atoms with van der Waals surface area (Å²) in [6, 6.07) is 3.38. The average molecular weight is 300 g/mol. The number of amides is 1. The third-order valence-electron chi connectivity index (χ3n) is 2.66. The van der Waals surface area contributed by atoms with Gasteiger partial charge in [-0.25, -0.2) is 8.78 Å². The minimum Gasteiger partial charge on any atom is -0.352 e. The Bertz CT molecular complexity index is 602. The van der Waals surface area contributed by atoms with Gasteiger partial charge in [-0.1, -0.05) is 11.6 Å². The number of hydrogen-bond acceptors (Lipinski definition) is 2. The van der Waals surface area contributed by atoms with Crippen LogP contribution in [0.2, 0.25) is 5.02 Å². The highest BCUT2D eigenvalue weighted by atomic mass is 35.5. The van der Waals surface area contributed by atoms with Crippen LogP contribution in [-0.2, 0) is 6.54 Å². The Labute approximate surface area is 119 Å². The van der Waals surface area contributed by atoms with Crippen molar-refractivity contribution in [2.24, 2.45) is 0 Å². The van der Waals surface area contributed by atoms with E-state index in [1.165, 1.54) is 0 Å². The molecule has 1 N–H and O–H groups in total. The number of rotatable bonds is 5. The Kier molecular flexibility index (Phi) is 4.68. The molecule has 1 heterocycles. The van der Waals surface area contributed by atoms with Crippen LogP contribution in [0.5, 0.6) is 0 Å². The topological polar surface area (TPSA) is 46.9 Å². The molecule has 0 fully saturated rings. The van der Waals surface area contributed by atoms with Gasteiger partial charge in [-0.05, 0) is 24.6 Å². The second-order valence-corrected chi connectivity index (χ2v) is 4.53. The molecule has 0 atom stereocenters. The van der Waals surface area contributed by atoms with Gasteiger partial charge in [0.05, 0.1) is 10.6 Å². The van der Waals surface area contributed by atoms with Crippen molar-refractivity contribution in [3.05, 3.63) is 52.8 Å². The van der Waals surface area contributed by atoms with E-state index in [0.717, 1.165) is 12.1 Å². The summed E-state index contributed by atoms with van der Waals surface area (Å²) in [5.41, 5.74) is -0.0790. The van der Waals surface area contributed by atoms with Gasteiger partial charge in [0, 0.05) is 25.5 Å². The number of benzene rings is 1. The molecule has 0 bridgehead atoms. The van der Waals surface area contributed by atoms with E-state index in [2.05, 4.69) is 10.4 Å². The number of nitrogens with zero attached hydrogens (tertiary/aromatic N) is 2. The molecule has 0 unspecified atom stereocenters. The quantitative estimate of drug-likeness (QED) is 0.681. The molecule has 0 aliphatic heterocycles. The number of carbonyl (C=O) groups excluding carboxylic acids is 1. The SMILES string of the molecule is O=C(NCCCn1cccn1)c1cc(F)c(F)cc1Cl. The Morgan fingerprint density at radius 3 is 2.80 bits per heavy atom. The summed E-state index contributed by atoms with van der Waals surface area (Å²) in [6.45, 7) is 1.03. The number of aryl methyl sites for hydroxylation is 1. The fraction of sp³-hybridized carbons (Fsp3) is 0.231. The maximum atomic E-state index is 13.1. The van der Waals surface area contributed by atoms with Gasteiger partial charge in [0.25, 0.3) is 5.91 Å². The molecule has 1 aromatic carbocycles. The van der Waals surface area contributed by atoms with Gasteiger partial charge in [0.1, 0.15) is 0 Å². The largest absolute Gasteiger partial charge is 0.352 e. The van der Waals surface area contributed by atoms with Crippen LogP contribution in [-0.4, -0.2) is 22.2 Å². The molecule has 0 aliphatic rings. The zero-order chi connectivity index (χ0) is 14.5. The lowest BCUT2D eigenvalue weighted by molar-refractivity contribution is 0.0952. The molecular formula is C13H12ClF2N3O. The highest BCUT2D eigenvalue weighted by Crippen LogP contribution is 2.19. The molecule has 1 aromatic heterocycles. The zero-order valence-corrected chi connectivity index (χ0v) is 11.2. The Morgan fingerprint density at radius 2 is 2.10 bits per heavy atom. The highest BCUT2D eigenvalue weighted by molar-refractivity contribution is 6.33. The van der Waals surface area contributed by atoms with Crippen molar-refractivity contribution in [1.82, 2.24) is 15.1 Å². The first-order valence-electron chi connectivity index (χ1n) is 5.98. The van der Waals surface area contributed by atoms with Crippen LogP contribution in [0.1, 0.15) is 16.8 Å². The first-order chi connectivity index (χ1) is 9.58. The molecule has 2 rings (SSSR count). The maximum Gasteiger partial charge on any atom is 0.252 e. The molecule has 0 saturated carbocycles. The molecule has 0 saturated heterocycles. The van der Waals surface area contributed by atoms with Crippen molar-refractivity contribution in [2.75, 3.05) is 6.54 Å². The molecule has 4 nitrogen and oxygen atoms in total. The lowest BCUT2D eigenvalue weighted by Crippen LogP contribution is -2.25. The van der Waals surface area contributed by atoms with Crippen molar-refractivity contribution in [1.29, 1.82) is 0 Å². The highest BCUT2D eigenvalue weighted by Gasteiger charge is 2.14. The van der Waals surface area contributed by atoms with Gasteiger partial charge in [0.15, 0.2) is 11.6 Å². The van der Waals surface area contributed by atoms with E-state index < -0.39 is 17.5 Å². The standard InChI is InChI=1S/C13H12ClF2N3O/c14-10-8-12(16)11(15)7-9(10)13(20)17-3-1-5-19-6-2-4-18-19/h2,4,6-8H,1,3,5H2,(H,17,20). The molecule has 0 radical (unpaired) electrons. The molecule has 7 heteroatoms. The number of nitrogens with one attached hydrogen (secondary N) is 1. The maximum absolute atomic E-state index is 13.1. The summed E-state index contributed by atoms with van der Waals surface area (Å²) in [7, 11) is 0. The van der Waals surface area contributed by atoms with E-state index in [1.54, 1.807) is 16.9 Å². The van der Waals surface area contributed by atoms with Gasteiger partial charge in [-0.2, -0.15) is 5.10 Å². The number of hydrogen-bond donors (Lipinski definition) is 1. The van der Waals surface area contributed by atoms with Gasteiger partial charge < -0.3 is 5.32 Å². The average Bonchev–Trinajstić information content (AvgIpc) is 2.92. The molecule has 20 heavy (non-hydrogen) atoms. The second kappa shape index (κ2) is 6.47. The van der Waals surface area contributed by atoms with Crippen LogP contribution in [0.4, 0.5) is 8.78 Å². The molecule has 2 aromatic rings. The summed E-state index contributed by atoms with van der Waals surface area (Å²) in [5, 5.41) is 6.50. The summed E-state index contributed by atoms with van der Waals surface area (Å²) < 4.78 is 27.7. The van der Waals surface area contributed by atoms with Crippen LogP contribution in [0, 0.1) is 11.6 Å². The van der Waals surface area contributed by atoms with E-state index in [-0.39, 0.29) is 10.6 Å². The minimum absolute atomic E-state index is 0.0790. The van der Waals surface area contributed by atoms with E-state index in [0.29, 0.717) is 19.5 Å². The van der Waals surface area contributed by atoms with Crippen LogP contribution in [0.25, 0.3) is 0 Å². The van der Waals surface area contributed by atoms with Gasteiger partial charge in [0.2, 0.25) is 0 Å². The van der Waals surface area contributed by atoms with E-state index in [9.17, 15) is 13.6 Å². The molecule has 106 valence electrons. The van der Waals surface area contributed by atoms with E-state index in [4.69, 9.17) is 11.6 Å². The lowest BCUT2D eigenvalue weighted by atomic mass is 10.2.